The second kappa shape index (κ2) is 40.6. The summed E-state index contributed by atoms with van der Waals surface area (Å²) in [6, 6.07) is 0. The van der Waals surface area contributed by atoms with Crippen molar-refractivity contribution in [2.45, 2.75) is 266 Å². The van der Waals surface area contributed by atoms with Gasteiger partial charge in [-0.2, -0.15) is 0 Å². The van der Waals surface area contributed by atoms with Crippen molar-refractivity contribution < 1.29 is 28.6 Å². The molecule has 0 saturated heterocycles. The Bertz CT molecular complexity index is 852. The fraction of sp³-hybridized carbons (Fsp3) is 0.939. The first kappa shape index (κ1) is 53.4. The second-order valence-corrected chi connectivity index (χ2v) is 18.2. The molecule has 0 heterocycles. The van der Waals surface area contributed by atoms with Gasteiger partial charge in [0.1, 0.15) is 13.2 Å². The Morgan fingerprint density at radius 2 is 0.527 bits per heavy atom. The Hall–Kier alpha value is -1.59. The molecule has 6 heteroatoms. The van der Waals surface area contributed by atoms with Crippen LogP contribution in [0.2, 0.25) is 0 Å². The van der Waals surface area contributed by atoms with Gasteiger partial charge in [0.2, 0.25) is 0 Å². The van der Waals surface area contributed by atoms with Crippen molar-refractivity contribution in [3.05, 3.63) is 0 Å². The minimum atomic E-state index is -0.762. The molecule has 1 atom stereocenters. The van der Waals surface area contributed by atoms with Crippen LogP contribution in [-0.4, -0.2) is 37.2 Å². The Morgan fingerprint density at radius 3 is 0.782 bits per heavy atom. The molecule has 0 aromatic rings. The topological polar surface area (TPSA) is 78.9 Å². The Labute approximate surface area is 342 Å². The van der Waals surface area contributed by atoms with Gasteiger partial charge >= 0.3 is 17.9 Å². The number of hydrogen-bond acceptors (Lipinski definition) is 6. The summed E-state index contributed by atoms with van der Waals surface area (Å²) in [5.41, 5.74) is 0. The van der Waals surface area contributed by atoms with Gasteiger partial charge in [-0.3, -0.25) is 14.4 Å². The summed E-state index contributed by atoms with van der Waals surface area (Å²) in [7, 11) is 0. The third-order valence-electron chi connectivity index (χ3n) is 10.9. The summed E-state index contributed by atoms with van der Waals surface area (Å²) >= 11 is 0. The number of unbranched alkanes of at least 4 members (excludes halogenated alkanes) is 25. The lowest BCUT2D eigenvalue weighted by atomic mass is 10.0. The normalized spacial score (nSPS) is 12.2. The summed E-state index contributed by atoms with van der Waals surface area (Å²) in [5.74, 6) is 1.57. The molecule has 0 saturated carbocycles. The fourth-order valence-corrected chi connectivity index (χ4v) is 7.23. The quantitative estimate of drug-likeness (QED) is 0.0349. The fourth-order valence-electron chi connectivity index (χ4n) is 7.23. The molecule has 55 heavy (non-hydrogen) atoms. The molecule has 0 fully saturated rings. The van der Waals surface area contributed by atoms with E-state index in [-0.39, 0.29) is 31.1 Å². The number of carbonyl (C=O) groups excluding carboxylic acids is 3. The third-order valence-corrected chi connectivity index (χ3v) is 10.9. The Kier molecular flexibility index (Phi) is 39.4. The minimum Gasteiger partial charge on any atom is -0.462 e. The van der Waals surface area contributed by atoms with Crippen LogP contribution in [0.5, 0.6) is 0 Å². The van der Waals surface area contributed by atoms with Crippen LogP contribution in [0.25, 0.3) is 0 Å². The van der Waals surface area contributed by atoms with Gasteiger partial charge < -0.3 is 14.2 Å². The van der Waals surface area contributed by atoms with Gasteiger partial charge in [0, 0.05) is 19.3 Å². The van der Waals surface area contributed by atoms with Crippen LogP contribution in [0.15, 0.2) is 0 Å². The van der Waals surface area contributed by atoms with Crippen LogP contribution < -0.4 is 0 Å². The molecular formula is C49H94O6. The highest BCUT2D eigenvalue weighted by Crippen LogP contribution is 2.17. The monoisotopic (exact) mass is 779 g/mol. The van der Waals surface area contributed by atoms with E-state index in [0.717, 1.165) is 75.5 Å². The Balaban J connectivity index is 4.33. The molecule has 0 bridgehead atoms. The maximum atomic E-state index is 12.7. The molecule has 0 rings (SSSR count). The SMILES string of the molecule is CC(C)CCCCCCCCCCCCCC(=O)OC[C@@H](COC(=O)CCCCCCCCCCCC(C)C)OC(=O)CCCCCCCCCCC(C)C. The van der Waals surface area contributed by atoms with Crippen molar-refractivity contribution in [2.75, 3.05) is 13.2 Å². The van der Waals surface area contributed by atoms with E-state index in [0.29, 0.717) is 19.3 Å². The van der Waals surface area contributed by atoms with Gasteiger partial charge in [0.25, 0.3) is 0 Å². The van der Waals surface area contributed by atoms with Gasteiger partial charge in [0.05, 0.1) is 0 Å². The average Bonchev–Trinajstić information content (AvgIpc) is 3.13. The van der Waals surface area contributed by atoms with Crippen molar-refractivity contribution in [3.8, 4) is 0 Å². The maximum Gasteiger partial charge on any atom is 0.306 e. The molecule has 6 nitrogen and oxygen atoms in total. The molecule has 0 amide bonds. The first-order valence-electron chi connectivity index (χ1n) is 24.1. The van der Waals surface area contributed by atoms with E-state index in [1.807, 2.05) is 0 Å². The van der Waals surface area contributed by atoms with Crippen molar-refractivity contribution in [1.29, 1.82) is 0 Å². The number of carbonyl (C=O) groups is 3. The van der Waals surface area contributed by atoms with E-state index in [2.05, 4.69) is 41.5 Å². The highest BCUT2D eigenvalue weighted by Gasteiger charge is 2.19. The lowest BCUT2D eigenvalue weighted by Crippen LogP contribution is -2.30. The van der Waals surface area contributed by atoms with Crippen LogP contribution in [0.1, 0.15) is 260 Å². The molecule has 0 aromatic heterocycles. The lowest BCUT2D eigenvalue weighted by molar-refractivity contribution is -0.167. The largest absolute Gasteiger partial charge is 0.462 e. The van der Waals surface area contributed by atoms with Gasteiger partial charge in [-0.1, -0.05) is 221 Å². The zero-order valence-corrected chi connectivity index (χ0v) is 37.7. The summed E-state index contributed by atoms with van der Waals surface area (Å²) in [5, 5.41) is 0. The molecule has 0 spiro atoms. The number of rotatable bonds is 42. The van der Waals surface area contributed by atoms with E-state index >= 15 is 0 Å². The summed E-state index contributed by atoms with van der Waals surface area (Å²) < 4.78 is 16.7. The third kappa shape index (κ3) is 43.4. The molecule has 0 aliphatic heterocycles. The zero-order valence-electron chi connectivity index (χ0n) is 37.7. The second-order valence-electron chi connectivity index (χ2n) is 18.2. The van der Waals surface area contributed by atoms with E-state index < -0.39 is 6.10 Å². The molecule has 0 radical (unpaired) electrons. The number of ether oxygens (including phenoxy) is 3. The molecular weight excluding hydrogens is 685 g/mol. The molecule has 0 aliphatic carbocycles. The first-order valence-corrected chi connectivity index (χ1v) is 24.1. The Morgan fingerprint density at radius 1 is 0.309 bits per heavy atom. The first-order chi connectivity index (χ1) is 26.6. The highest BCUT2D eigenvalue weighted by atomic mass is 16.6. The van der Waals surface area contributed by atoms with Crippen molar-refractivity contribution in [2.24, 2.45) is 17.8 Å². The van der Waals surface area contributed by atoms with E-state index in [9.17, 15) is 14.4 Å². The lowest BCUT2D eigenvalue weighted by Gasteiger charge is -2.18. The molecule has 0 N–H and O–H groups in total. The summed E-state index contributed by atoms with van der Waals surface area (Å²) in [6.45, 7) is 13.6. The minimum absolute atomic E-state index is 0.0659. The van der Waals surface area contributed by atoms with Crippen LogP contribution in [0, 0.1) is 17.8 Å². The molecule has 0 unspecified atom stereocenters. The predicted octanol–water partition coefficient (Wildman–Crippen LogP) is 15.2. The van der Waals surface area contributed by atoms with Crippen molar-refractivity contribution in [3.63, 3.8) is 0 Å². The van der Waals surface area contributed by atoms with Crippen LogP contribution >= 0.6 is 0 Å². The summed E-state index contributed by atoms with van der Waals surface area (Å²) in [4.78, 5) is 37.8. The number of hydrogen-bond donors (Lipinski definition) is 0. The predicted molar refractivity (Wildman–Crippen MR) is 233 cm³/mol. The van der Waals surface area contributed by atoms with Crippen LogP contribution in [-0.2, 0) is 28.6 Å². The van der Waals surface area contributed by atoms with E-state index in [1.165, 1.54) is 141 Å². The number of esters is 3. The average molecular weight is 779 g/mol. The zero-order chi connectivity index (χ0) is 40.6. The van der Waals surface area contributed by atoms with Gasteiger partial charge in [-0.05, 0) is 37.0 Å². The van der Waals surface area contributed by atoms with Gasteiger partial charge in [-0.15, -0.1) is 0 Å². The van der Waals surface area contributed by atoms with E-state index in [4.69, 9.17) is 14.2 Å². The van der Waals surface area contributed by atoms with Crippen LogP contribution in [0.3, 0.4) is 0 Å². The molecule has 326 valence electrons. The smallest absolute Gasteiger partial charge is 0.306 e. The van der Waals surface area contributed by atoms with Gasteiger partial charge in [0.15, 0.2) is 6.10 Å². The van der Waals surface area contributed by atoms with E-state index in [1.54, 1.807) is 0 Å². The van der Waals surface area contributed by atoms with Crippen molar-refractivity contribution >= 4 is 17.9 Å². The maximum absolute atomic E-state index is 12.7. The summed E-state index contributed by atoms with van der Waals surface area (Å²) in [6.07, 6.45) is 38.1. The van der Waals surface area contributed by atoms with Gasteiger partial charge in [-0.25, -0.2) is 0 Å². The molecule has 0 aromatic carbocycles. The standard InChI is InChI=1S/C49H94O6/c1-43(2)35-29-23-17-11-8-7-9-13-20-26-32-38-47(50)53-41-46(55-49(52)40-34-28-22-16-15-19-25-31-37-45(5)6)42-54-48(51)39-33-27-21-14-10-12-18-24-30-36-44(3)4/h43-46H,7-42H2,1-6H3/t46-/m0/s1. The van der Waals surface area contributed by atoms with Crippen molar-refractivity contribution in [1.82, 2.24) is 0 Å². The highest BCUT2D eigenvalue weighted by molar-refractivity contribution is 5.71. The van der Waals surface area contributed by atoms with Crippen LogP contribution in [0.4, 0.5) is 0 Å². The molecule has 0 aliphatic rings.